The second kappa shape index (κ2) is 6.63. The van der Waals surface area contributed by atoms with Crippen molar-refractivity contribution in [1.29, 1.82) is 0 Å². The van der Waals surface area contributed by atoms with Crippen LogP contribution in [0.2, 0.25) is 0 Å². The van der Waals surface area contributed by atoms with Crippen LogP contribution < -0.4 is 0 Å². The molecular weight excluding hydrogens is 338 g/mol. The standard InChI is InChI=1S/C23H35NO3/c1-14(24-26)19-7-8-20-18-6-5-16-13-17(27-15(2)25)9-11-22(16,3)21(18)10-12-23(19,20)4/h5,17-21,26H,6-13H2,1-4H3/t17-,18-,19+,20-,21-,22-,23+/m0/s1. The molecule has 0 aromatic heterocycles. The van der Waals surface area contributed by atoms with Gasteiger partial charge in [0.2, 0.25) is 0 Å². The van der Waals surface area contributed by atoms with Gasteiger partial charge in [-0.05, 0) is 80.5 Å². The summed E-state index contributed by atoms with van der Waals surface area (Å²) in [6.07, 6.45) is 11.8. The van der Waals surface area contributed by atoms with E-state index in [1.165, 1.54) is 39.0 Å². The highest BCUT2D eigenvalue weighted by molar-refractivity contribution is 5.85. The van der Waals surface area contributed by atoms with Crippen LogP contribution in [0.15, 0.2) is 16.8 Å². The van der Waals surface area contributed by atoms with Crippen LogP contribution in [0.1, 0.15) is 79.1 Å². The first kappa shape index (κ1) is 19.0. The van der Waals surface area contributed by atoms with Crippen LogP contribution in [0.5, 0.6) is 0 Å². The molecule has 0 saturated heterocycles. The van der Waals surface area contributed by atoms with Crippen LogP contribution in [0.25, 0.3) is 0 Å². The molecule has 4 aliphatic carbocycles. The van der Waals surface area contributed by atoms with Gasteiger partial charge in [0.15, 0.2) is 0 Å². The van der Waals surface area contributed by atoms with Gasteiger partial charge in [-0.15, -0.1) is 0 Å². The number of rotatable bonds is 2. The van der Waals surface area contributed by atoms with E-state index in [0.717, 1.165) is 42.7 Å². The predicted molar refractivity (Wildman–Crippen MR) is 106 cm³/mol. The lowest BCUT2D eigenvalue weighted by Crippen LogP contribution is -2.51. The van der Waals surface area contributed by atoms with Crippen LogP contribution in [0.4, 0.5) is 0 Å². The molecule has 0 aromatic rings. The number of ether oxygens (including phenoxy) is 1. The Balaban J connectivity index is 1.58. The maximum Gasteiger partial charge on any atom is 0.302 e. The van der Waals surface area contributed by atoms with Crippen molar-refractivity contribution in [2.24, 2.45) is 39.7 Å². The Morgan fingerprint density at radius 2 is 1.93 bits per heavy atom. The zero-order valence-corrected chi connectivity index (χ0v) is 17.3. The largest absolute Gasteiger partial charge is 0.462 e. The van der Waals surface area contributed by atoms with Crippen molar-refractivity contribution in [2.45, 2.75) is 85.2 Å². The van der Waals surface area contributed by atoms with Gasteiger partial charge in [-0.1, -0.05) is 30.7 Å². The fraction of sp³-hybridized carbons (Fsp3) is 0.826. The maximum absolute atomic E-state index is 11.4. The van der Waals surface area contributed by atoms with Gasteiger partial charge in [0.1, 0.15) is 6.10 Å². The summed E-state index contributed by atoms with van der Waals surface area (Å²) in [5.74, 6) is 2.52. The van der Waals surface area contributed by atoms with E-state index in [-0.39, 0.29) is 22.9 Å². The second-order valence-electron chi connectivity index (χ2n) is 10.1. The molecule has 150 valence electrons. The second-order valence-corrected chi connectivity index (χ2v) is 10.1. The molecule has 0 amide bonds. The first-order chi connectivity index (χ1) is 12.8. The van der Waals surface area contributed by atoms with Gasteiger partial charge in [-0.25, -0.2) is 0 Å². The Labute approximate surface area is 163 Å². The van der Waals surface area contributed by atoms with E-state index >= 15 is 0 Å². The third-order valence-electron chi connectivity index (χ3n) is 9.05. The molecule has 0 aliphatic heterocycles. The summed E-state index contributed by atoms with van der Waals surface area (Å²) in [4.78, 5) is 11.4. The maximum atomic E-state index is 11.4. The minimum atomic E-state index is -0.149. The molecule has 0 radical (unpaired) electrons. The minimum absolute atomic E-state index is 0.0755. The van der Waals surface area contributed by atoms with E-state index in [9.17, 15) is 10.0 Å². The van der Waals surface area contributed by atoms with Gasteiger partial charge in [0.25, 0.3) is 0 Å². The summed E-state index contributed by atoms with van der Waals surface area (Å²) < 4.78 is 5.54. The average Bonchev–Trinajstić information content (AvgIpc) is 2.98. The molecular formula is C23H35NO3. The molecule has 0 unspecified atom stereocenters. The van der Waals surface area contributed by atoms with E-state index in [2.05, 4.69) is 25.1 Å². The topological polar surface area (TPSA) is 58.9 Å². The molecule has 0 spiro atoms. The molecule has 3 fully saturated rings. The first-order valence-electron chi connectivity index (χ1n) is 10.8. The van der Waals surface area contributed by atoms with Crippen LogP contribution in [0.3, 0.4) is 0 Å². The van der Waals surface area contributed by atoms with Crippen molar-refractivity contribution in [3.8, 4) is 0 Å². The van der Waals surface area contributed by atoms with E-state index in [0.29, 0.717) is 5.92 Å². The zero-order chi connectivity index (χ0) is 19.4. The molecule has 0 heterocycles. The van der Waals surface area contributed by atoms with E-state index in [1.807, 2.05) is 6.92 Å². The third kappa shape index (κ3) is 2.86. The summed E-state index contributed by atoms with van der Waals surface area (Å²) in [6.45, 7) is 8.46. The molecule has 1 N–H and O–H groups in total. The predicted octanol–water partition coefficient (Wildman–Crippen LogP) is 5.35. The van der Waals surface area contributed by atoms with Gasteiger partial charge in [0.05, 0.1) is 5.71 Å². The van der Waals surface area contributed by atoms with Crippen molar-refractivity contribution in [3.05, 3.63) is 11.6 Å². The lowest BCUT2D eigenvalue weighted by atomic mass is 9.47. The van der Waals surface area contributed by atoms with E-state index < -0.39 is 0 Å². The number of oxime groups is 1. The van der Waals surface area contributed by atoms with Gasteiger partial charge < -0.3 is 9.94 Å². The lowest BCUT2D eigenvalue weighted by molar-refractivity contribution is -0.148. The van der Waals surface area contributed by atoms with Crippen LogP contribution in [-0.2, 0) is 9.53 Å². The van der Waals surface area contributed by atoms with Crippen LogP contribution >= 0.6 is 0 Å². The third-order valence-corrected chi connectivity index (χ3v) is 9.05. The number of carbonyl (C=O) groups is 1. The Bertz CT molecular complexity index is 683. The van der Waals surface area contributed by atoms with Crippen molar-refractivity contribution in [1.82, 2.24) is 0 Å². The Morgan fingerprint density at radius 1 is 1.15 bits per heavy atom. The average molecular weight is 374 g/mol. The van der Waals surface area contributed by atoms with Gasteiger partial charge >= 0.3 is 5.97 Å². The first-order valence-corrected chi connectivity index (χ1v) is 10.8. The quantitative estimate of drug-likeness (QED) is 0.233. The lowest BCUT2D eigenvalue weighted by Gasteiger charge is -2.58. The molecule has 0 aromatic carbocycles. The molecule has 4 nitrogen and oxygen atoms in total. The van der Waals surface area contributed by atoms with Crippen LogP contribution in [-0.4, -0.2) is 23.0 Å². The van der Waals surface area contributed by atoms with Crippen molar-refractivity contribution in [2.75, 3.05) is 0 Å². The number of hydrogen-bond donors (Lipinski definition) is 1. The Hall–Kier alpha value is -1.32. The molecule has 0 bridgehead atoms. The molecule has 3 saturated carbocycles. The van der Waals surface area contributed by atoms with Gasteiger partial charge in [-0.3, -0.25) is 4.79 Å². The Morgan fingerprint density at radius 3 is 2.63 bits per heavy atom. The molecule has 4 aliphatic rings. The summed E-state index contributed by atoms with van der Waals surface area (Å²) in [5, 5.41) is 12.9. The van der Waals surface area contributed by atoms with Crippen molar-refractivity contribution < 1.29 is 14.7 Å². The number of allylic oxidation sites excluding steroid dienone is 1. The SMILES string of the molecule is CC(=O)O[C@H]1CC[C@@]2(C)C(=CC[C@H]3[C@@H]4CC[C@H](C(C)=NO)[C@@]4(C)CC[C@@H]32)C1. The highest BCUT2D eigenvalue weighted by Crippen LogP contribution is 2.66. The number of hydrogen-bond acceptors (Lipinski definition) is 4. The van der Waals surface area contributed by atoms with Gasteiger partial charge in [-0.2, -0.15) is 0 Å². The highest BCUT2D eigenvalue weighted by atomic mass is 16.5. The van der Waals surface area contributed by atoms with E-state index in [4.69, 9.17) is 4.74 Å². The summed E-state index contributed by atoms with van der Waals surface area (Å²) in [5.41, 5.74) is 3.04. The summed E-state index contributed by atoms with van der Waals surface area (Å²) in [7, 11) is 0. The molecule has 4 rings (SSSR count). The fourth-order valence-corrected chi connectivity index (χ4v) is 7.72. The fourth-order valence-electron chi connectivity index (χ4n) is 7.72. The minimum Gasteiger partial charge on any atom is -0.462 e. The number of fused-ring (bicyclic) bond motifs is 5. The highest BCUT2D eigenvalue weighted by Gasteiger charge is 2.59. The smallest absolute Gasteiger partial charge is 0.302 e. The monoisotopic (exact) mass is 373 g/mol. The van der Waals surface area contributed by atoms with Crippen LogP contribution in [0, 0.1) is 34.5 Å². The molecule has 7 atom stereocenters. The van der Waals surface area contributed by atoms with Gasteiger partial charge in [0, 0.05) is 19.3 Å². The molecule has 27 heavy (non-hydrogen) atoms. The van der Waals surface area contributed by atoms with Crippen molar-refractivity contribution >= 4 is 11.7 Å². The number of nitrogens with zero attached hydrogens (tertiary/aromatic N) is 1. The van der Waals surface area contributed by atoms with E-state index in [1.54, 1.807) is 5.57 Å². The summed E-state index contributed by atoms with van der Waals surface area (Å²) in [6, 6.07) is 0. The number of esters is 1. The number of carbonyl (C=O) groups excluding carboxylic acids is 1. The Kier molecular flexibility index (Phi) is 4.67. The molecule has 4 heteroatoms. The van der Waals surface area contributed by atoms with Crippen molar-refractivity contribution in [3.63, 3.8) is 0 Å². The zero-order valence-electron chi connectivity index (χ0n) is 17.3. The summed E-state index contributed by atoms with van der Waals surface area (Å²) >= 11 is 0. The normalized spacial score (nSPS) is 46.7.